The van der Waals surface area contributed by atoms with Crippen LogP contribution in [0.2, 0.25) is 0 Å². The van der Waals surface area contributed by atoms with Gasteiger partial charge in [-0.15, -0.1) is 0 Å². The molecule has 0 aliphatic heterocycles. The number of amides is 2. The molecule has 0 bridgehead atoms. The van der Waals surface area contributed by atoms with Gasteiger partial charge in [-0.2, -0.15) is 8.42 Å². The van der Waals surface area contributed by atoms with Gasteiger partial charge in [-0.3, -0.25) is 0 Å². The van der Waals surface area contributed by atoms with Crippen molar-refractivity contribution >= 4 is 21.7 Å². The van der Waals surface area contributed by atoms with Crippen molar-refractivity contribution in [2.24, 2.45) is 0 Å². The fourth-order valence-electron chi connectivity index (χ4n) is 2.47. The molecule has 1 heterocycles. The predicted molar refractivity (Wildman–Crippen MR) is 93.9 cm³/mol. The highest BCUT2D eigenvalue weighted by atomic mass is 32.2. The van der Waals surface area contributed by atoms with E-state index < -0.39 is 26.7 Å². The summed E-state index contributed by atoms with van der Waals surface area (Å²) in [5.41, 5.74) is 2.28. The monoisotopic (exact) mass is 366 g/mol. The predicted octanol–water partition coefficient (Wildman–Crippen LogP) is 2.94. The SMILES string of the molecule is Cc1cc(C)c(NC(=O)NS(=O)(=O)c2cc(C(C)(C)O)co2)c(C)c1. The van der Waals surface area contributed by atoms with E-state index in [0.717, 1.165) is 23.0 Å². The topological polar surface area (TPSA) is 109 Å². The lowest BCUT2D eigenvalue weighted by molar-refractivity contribution is 0.0779. The zero-order valence-electron chi connectivity index (χ0n) is 14.8. The Bertz CT molecular complexity index is 884. The molecule has 2 rings (SSSR count). The maximum Gasteiger partial charge on any atom is 0.333 e. The third-order valence-electron chi connectivity index (χ3n) is 3.69. The first-order valence-corrected chi connectivity index (χ1v) is 9.11. The molecule has 25 heavy (non-hydrogen) atoms. The van der Waals surface area contributed by atoms with Crippen LogP contribution in [-0.2, 0) is 15.6 Å². The number of benzene rings is 1. The van der Waals surface area contributed by atoms with Gasteiger partial charge in [-0.25, -0.2) is 9.52 Å². The minimum absolute atomic E-state index is 0.290. The van der Waals surface area contributed by atoms with Gasteiger partial charge in [-0.05, 0) is 45.7 Å². The van der Waals surface area contributed by atoms with Crippen molar-refractivity contribution in [3.8, 4) is 0 Å². The first kappa shape index (κ1) is 19.0. The molecule has 2 amide bonds. The number of nitrogens with one attached hydrogen (secondary N) is 2. The van der Waals surface area contributed by atoms with Crippen LogP contribution >= 0.6 is 0 Å². The summed E-state index contributed by atoms with van der Waals surface area (Å²) in [6.45, 7) is 8.58. The van der Waals surface area contributed by atoms with Crippen LogP contribution in [0.4, 0.5) is 10.5 Å². The average Bonchev–Trinajstić information content (AvgIpc) is 2.92. The highest BCUT2D eigenvalue weighted by Gasteiger charge is 2.26. The number of aryl methyl sites for hydroxylation is 3. The number of urea groups is 1. The summed E-state index contributed by atoms with van der Waals surface area (Å²) in [5.74, 6) is 0. The molecule has 136 valence electrons. The maximum atomic E-state index is 12.2. The van der Waals surface area contributed by atoms with E-state index in [1.807, 2.05) is 37.6 Å². The van der Waals surface area contributed by atoms with Gasteiger partial charge in [0.1, 0.15) is 0 Å². The first-order chi connectivity index (χ1) is 11.4. The zero-order chi connectivity index (χ0) is 19.0. The van der Waals surface area contributed by atoms with Gasteiger partial charge in [0.05, 0.1) is 11.9 Å². The Balaban J connectivity index is 2.18. The fraction of sp³-hybridized carbons (Fsp3) is 0.353. The van der Waals surface area contributed by atoms with Gasteiger partial charge < -0.3 is 14.8 Å². The van der Waals surface area contributed by atoms with Gasteiger partial charge >= 0.3 is 6.03 Å². The Kier molecular flexibility index (Phi) is 4.97. The third-order valence-corrected chi connectivity index (χ3v) is 4.89. The molecule has 0 saturated heterocycles. The molecule has 2 aromatic rings. The molecule has 0 radical (unpaired) electrons. The quantitative estimate of drug-likeness (QED) is 0.771. The van der Waals surface area contributed by atoms with Gasteiger partial charge in [0.15, 0.2) is 0 Å². The van der Waals surface area contributed by atoms with Crippen molar-refractivity contribution in [2.45, 2.75) is 45.3 Å². The molecule has 0 saturated carbocycles. The number of aliphatic hydroxyl groups is 1. The van der Waals surface area contributed by atoms with E-state index >= 15 is 0 Å². The molecule has 0 spiro atoms. The van der Waals surface area contributed by atoms with Crippen LogP contribution in [0, 0.1) is 20.8 Å². The van der Waals surface area contributed by atoms with Crippen LogP contribution in [-0.4, -0.2) is 19.6 Å². The van der Waals surface area contributed by atoms with Crippen LogP contribution in [0.25, 0.3) is 0 Å². The summed E-state index contributed by atoms with van der Waals surface area (Å²) in [7, 11) is -4.19. The second-order valence-corrected chi connectivity index (χ2v) is 8.16. The maximum absolute atomic E-state index is 12.2. The number of carbonyl (C=O) groups is 1. The number of rotatable bonds is 4. The van der Waals surface area contributed by atoms with Crippen molar-refractivity contribution in [3.63, 3.8) is 0 Å². The Morgan fingerprint density at radius 1 is 1.12 bits per heavy atom. The second kappa shape index (κ2) is 6.53. The van der Waals surface area contributed by atoms with Gasteiger partial charge in [0, 0.05) is 17.3 Å². The molecule has 7 nitrogen and oxygen atoms in total. The van der Waals surface area contributed by atoms with E-state index in [9.17, 15) is 18.3 Å². The second-order valence-electron chi connectivity index (χ2n) is 6.55. The van der Waals surface area contributed by atoms with E-state index in [4.69, 9.17) is 4.42 Å². The van der Waals surface area contributed by atoms with Crippen LogP contribution in [0.5, 0.6) is 0 Å². The normalized spacial score (nSPS) is 12.1. The molecular weight excluding hydrogens is 344 g/mol. The van der Waals surface area contributed by atoms with E-state index in [2.05, 4.69) is 5.32 Å². The summed E-state index contributed by atoms with van der Waals surface area (Å²) < 4.78 is 31.4. The summed E-state index contributed by atoms with van der Waals surface area (Å²) in [6, 6.07) is 4.06. The number of hydrogen-bond donors (Lipinski definition) is 3. The Morgan fingerprint density at radius 2 is 1.68 bits per heavy atom. The van der Waals surface area contributed by atoms with E-state index in [1.165, 1.54) is 19.9 Å². The summed E-state index contributed by atoms with van der Waals surface area (Å²) >= 11 is 0. The molecule has 0 atom stereocenters. The van der Waals surface area contributed by atoms with Crippen LogP contribution < -0.4 is 10.0 Å². The molecule has 1 aromatic heterocycles. The molecular formula is C17H22N2O5S. The van der Waals surface area contributed by atoms with Crippen LogP contribution in [0.1, 0.15) is 36.1 Å². The Hall–Kier alpha value is -2.32. The summed E-state index contributed by atoms with van der Waals surface area (Å²) in [4.78, 5) is 12.1. The lowest BCUT2D eigenvalue weighted by Crippen LogP contribution is -2.34. The summed E-state index contributed by atoms with van der Waals surface area (Å²) in [5, 5.41) is 12.0. The van der Waals surface area contributed by atoms with Crippen molar-refractivity contribution in [2.75, 3.05) is 5.32 Å². The number of sulfonamides is 1. The van der Waals surface area contributed by atoms with Crippen molar-refractivity contribution in [1.82, 2.24) is 4.72 Å². The third kappa shape index (κ3) is 4.40. The number of furan rings is 1. The lowest BCUT2D eigenvalue weighted by atomic mass is 10.0. The van der Waals surface area contributed by atoms with Crippen molar-refractivity contribution < 1.29 is 22.7 Å². The van der Waals surface area contributed by atoms with Gasteiger partial charge in [0.2, 0.25) is 5.09 Å². The highest BCUT2D eigenvalue weighted by Crippen LogP contribution is 2.25. The van der Waals surface area contributed by atoms with E-state index in [0.29, 0.717) is 11.3 Å². The number of anilines is 1. The lowest BCUT2D eigenvalue weighted by Gasteiger charge is -2.14. The fourth-order valence-corrected chi connectivity index (χ4v) is 3.32. The first-order valence-electron chi connectivity index (χ1n) is 7.63. The van der Waals surface area contributed by atoms with Crippen molar-refractivity contribution in [1.29, 1.82) is 0 Å². The molecule has 1 aromatic carbocycles. The minimum atomic E-state index is -4.19. The molecule has 8 heteroatoms. The van der Waals surface area contributed by atoms with E-state index in [1.54, 1.807) is 0 Å². The van der Waals surface area contributed by atoms with Crippen molar-refractivity contribution in [3.05, 3.63) is 46.7 Å². The van der Waals surface area contributed by atoms with Crippen LogP contribution in [0.15, 0.2) is 34.0 Å². The van der Waals surface area contributed by atoms with Gasteiger partial charge in [-0.1, -0.05) is 17.7 Å². The molecule has 0 aliphatic carbocycles. The van der Waals surface area contributed by atoms with Crippen LogP contribution in [0.3, 0.4) is 0 Å². The zero-order valence-corrected chi connectivity index (χ0v) is 15.6. The average molecular weight is 366 g/mol. The number of hydrogen-bond acceptors (Lipinski definition) is 5. The highest BCUT2D eigenvalue weighted by molar-refractivity contribution is 7.89. The summed E-state index contributed by atoms with van der Waals surface area (Å²) in [6.07, 6.45) is 1.14. The number of carbonyl (C=O) groups excluding carboxylic acids is 1. The standard InChI is InChI=1S/C17H22N2O5S/c1-10-6-11(2)15(12(3)7-10)18-16(20)19-25(22,23)14-8-13(9-24-14)17(4,5)21/h6-9,21H,1-5H3,(H2,18,19,20). The minimum Gasteiger partial charge on any atom is -0.451 e. The molecule has 0 fully saturated rings. The van der Waals surface area contributed by atoms with E-state index in [-0.39, 0.29) is 0 Å². The molecule has 0 aliphatic rings. The largest absolute Gasteiger partial charge is 0.451 e. The Labute approximate surface area is 147 Å². The Morgan fingerprint density at radius 3 is 2.16 bits per heavy atom. The molecule has 3 N–H and O–H groups in total. The van der Waals surface area contributed by atoms with Gasteiger partial charge in [0.25, 0.3) is 10.0 Å². The smallest absolute Gasteiger partial charge is 0.333 e. The molecule has 0 unspecified atom stereocenters.